The van der Waals surface area contributed by atoms with Gasteiger partial charge < -0.3 is 5.73 Å². The molecule has 0 fully saturated rings. The Morgan fingerprint density at radius 1 is 1.45 bits per heavy atom. The third-order valence-electron chi connectivity index (χ3n) is 2.55. The number of aliphatic imine (C=N–C) groups is 2. The summed E-state index contributed by atoms with van der Waals surface area (Å²) in [5, 5.41) is 3.95. The molecule has 0 amide bonds. The average molecular weight is 273 g/mol. The number of nitrogens with zero attached hydrogens (tertiary/aromatic N) is 4. The van der Waals surface area contributed by atoms with Gasteiger partial charge in [0.05, 0.1) is 5.69 Å². The second-order valence-corrected chi connectivity index (χ2v) is 5.68. The van der Waals surface area contributed by atoms with E-state index in [1.807, 2.05) is 12.3 Å². The number of hydrogen-bond donors (Lipinski definition) is 1. The third kappa shape index (κ3) is 4.50. The molecule has 0 unspecified atom stereocenters. The van der Waals surface area contributed by atoms with Crippen molar-refractivity contribution in [2.24, 2.45) is 26.2 Å². The van der Waals surface area contributed by atoms with Gasteiger partial charge in [0.15, 0.2) is 0 Å². The van der Waals surface area contributed by atoms with Crippen LogP contribution in [0.15, 0.2) is 33.5 Å². The van der Waals surface area contributed by atoms with Gasteiger partial charge in [-0.15, -0.1) is 0 Å². The van der Waals surface area contributed by atoms with Crippen molar-refractivity contribution in [3.05, 3.63) is 29.7 Å². The third-order valence-corrected chi connectivity index (χ3v) is 2.55. The second-order valence-electron chi connectivity index (χ2n) is 5.68. The molecule has 0 radical (unpaired) electrons. The van der Waals surface area contributed by atoms with Crippen LogP contribution in [0.25, 0.3) is 5.57 Å². The van der Waals surface area contributed by atoms with Gasteiger partial charge in [-0.05, 0) is 11.5 Å². The highest BCUT2D eigenvalue weighted by Crippen LogP contribution is 2.16. The van der Waals surface area contributed by atoms with E-state index in [4.69, 9.17) is 5.73 Å². The summed E-state index contributed by atoms with van der Waals surface area (Å²) in [4.78, 5) is 8.43. The lowest BCUT2D eigenvalue weighted by Crippen LogP contribution is -2.09. The molecule has 1 heterocycles. The average Bonchev–Trinajstić information content (AvgIpc) is 2.77. The highest BCUT2D eigenvalue weighted by Gasteiger charge is 2.09. The Morgan fingerprint density at radius 2 is 2.15 bits per heavy atom. The minimum atomic E-state index is 0.162. The Bertz CT molecular complexity index is 541. The Labute approximate surface area is 120 Å². The quantitative estimate of drug-likeness (QED) is 0.822. The lowest BCUT2D eigenvalue weighted by Gasteiger charge is -2.13. The van der Waals surface area contributed by atoms with Crippen molar-refractivity contribution in [1.82, 2.24) is 4.68 Å². The van der Waals surface area contributed by atoms with E-state index in [1.165, 1.54) is 6.20 Å². The van der Waals surface area contributed by atoms with Crippen LogP contribution in [0.5, 0.6) is 0 Å². The lowest BCUT2D eigenvalue weighted by molar-refractivity contribution is 0.430. The molecule has 0 bridgehead atoms. The van der Waals surface area contributed by atoms with E-state index in [0.29, 0.717) is 0 Å². The zero-order chi connectivity index (χ0) is 15.2. The summed E-state index contributed by atoms with van der Waals surface area (Å²) in [5.74, 6) is 0. The van der Waals surface area contributed by atoms with Crippen LogP contribution in [-0.4, -0.2) is 37.4 Å². The number of nitrogens with two attached hydrogens (primary N) is 1. The molecule has 0 aromatic carbocycles. The molecule has 5 heteroatoms. The monoisotopic (exact) mass is 273 g/mol. The summed E-state index contributed by atoms with van der Waals surface area (Å²) in [6.45, 7) is 10.7. The van der Waals surface area contributed by atoms with E-state index in [1.54, 1.807) is 24.2 Å². The van der Waals surface area contributed by atoms with Gasteiger partial charge in [0.2, 0.25) is 0 Å². The molecule has 5 nitrogen and oxygen atoms in total. The highest BCUT2D eigenvalue weighted by molar-refractivity contribution is 6.09. The molecular formula is C15H23N5. The summed E-state index contributed by atoms with van der Waals surface area (Å²) < 4.78 is 1.68. The summed E-state index contributed by atoms with van der Waals surface area (Å²) in [6, 6.07) is 1.96. The molecule has 1 aromatic heterocycles. The molecule has 2 N–H and O–H groups in total. The van der Waals surface area contributed by atoms with Crippen molar-refractivity contribution in [3.63, 3.8) is 0 Å². The van der Waals surface area contributed by atoms with Gasteiger partial charge >= 0.3 is 0 Å². The zero-order valence-corrected chi connectivity index (χ0v) is 12.7. The normalized spacial score (nSPS) is 13.5. The predicted molar refractivity (Wildman–Crippen MR) is 87.9 cm³/mol. The van der Waals surface area contributed by atoms with Crippen LogP contribution < -0.4 is 5.73 Å². The summed E-state index contributed by atoms with van der Waals surface area (Å²) >= 11 is 0. The summed E-state index contributed by atoms with van der Waals surface area (Å²) in [5.41, 5.74) is 8.40. The minimum Gasteiger partial charge on any atom is -0.404 e. The van der Waals surface area contributed by atoms with Gasteiger partial charge in [-0.3, -0.25) is 9.98 Å². The number of rotatable bonds is 5. The zero-order valence-electron chi connectivity index (χ0n) is 12.7. The first-order valence-electron chi connectivity index (χ1n) is 6.45. The molecular weight excluding hydrogens is 250 g/mol. The molecule has 1 rings (SSSR count). The van der Waals surface area contributed by atoms with Crippen LogP contribution in [-0.2, 0) is 0 Å². The topological polar surface area (TPSA) is 68.0 Å². The van der Waals surface area contributed by atoms with Crippen LogP contribution in [0.3, 0.4) is 0 Å². The number of hydrogen-bond acceptors (Lipinski definition) is 4. The van der Waals surface area contributed by atoms with E-state index in [0.717, 1.165) is 23.4 Å². The van der Waals surface area contributed by atoms with E-state index in [9.17, 15) is 0 Å². The molecule has 0 aliphatic heterocycles. The largest absolute Gasteiger partial charge is 0.404 e. The first kappa shape index (κ1) is 15.9. The SMILES string of the molecule is C=Nn1cc(C(C=NC)=CN)cc1C=NCC(C)(C)C. The molecule has 0 saturated carbocycles. The maximum atomic E-state index is 5.61. The van der Waals surface area contributed by atoms with Gasteiger partial charge in [0, 0.05) is 56.3 Å². The van der Waals surface area contributed by atoms with Crippen LogP contribution in [0.2, 0.25) is 0 Å². The van der Waals surface area contributed by atoms with Crippen molar-refractivity contribution in [3.8, 4) is 0 Å². The van der Waals surface area contributed by atoms with Crippen LogP contribution in [0, 0.1) is 5.41 Å². The number of allylic oxidation sites excluding steroid dienone is 1. The second kappa shape index (κ2) is 6.84. The van der Waals surface area contributed by atoms with Crippen molar-refractivity contribution in [1.29, 1.82) is 0 Å². The predicted octanol–water partition coefficient (Wildman–Crippen LogP) is 2.42. The van der Waals surface area contributed by atoms with Gasteiger partial charge in [-0.1, -0.05) is 20.8 Å². The summed E-state index contributed by atoms with van der Waals surface area (Å²) in [6.07, 6.45) is 6.89. The fraction of sp³-hybridized carbons (Fsp3) is 0.400. The number of aromatic nitrogens is 1. The van der Waals surface area contributed by atoms with E-state index in [2.05, 4.69) is 42.6 Å². The minimum absolute atomic E-state index is 0.162. The summed E-state index contributed by atoms with van der Waals surface area (Å²) in [7, 11) is 1.71. The van der Waals surface area contributed by atoms with Crippen LogP contribution in [0.4, 0.5) is 0 Å². The maximum absolute atomic E-state index is 5.61. The lowest BCUT2D eigenvalue weighted by atomic mass is 9.97. The first-order chi connectivity index (χ1) is 9.41. The fourth-order valence-electron chi connectivity index (χ4n) is 1.61. The molecule has 0 atom stereocenters. The molecule has 0 saturated heterocycles. The van der Waals surface area contributed by atoms with Crippen LogP contribution >= 0.6 is 0 Å². The van der Waals surface area contributed by atoms with Gasteiger partial charge in [0.25, 0.3) is 0 Å². The van der Waals surface area contributed by atoms with E-state index in [-0.39, 0.29) is 5.41 Å². The maximum Gasteiger partial charge on any atom is 0.0830 e. The Balaban J connectivity index is 3.04. The van der Waals surface area contributed by atoms with Crippen molar-refractivity contribution in [2.45, 2.75) is 20.8 Å². The smallest absolute Gasteiger partial charge is 0.0830 e. The molecule has 0 spiro atoms. The van der Waals surface area contributed by atoms with Gasteiger partial charge in [-0.25, -0.2) is 4.68 Å². The van der Waals surface area contributed by atoms with Gasteiger partial charge in [0.1, 0.15) is 0 Å². The molecule has 108 valence electrons. The van der Waals surface area contributed by atoms with Crippen molar-refractivity contribution in [2.75, 3.05) is 13.6 Å². The molecule has 20 heavy (non-hydrogen) atoms. The highest BCUT2D eigenvalue weighted by atomic mass is 15.3. The Hall–Kier alpha value is -2.17. The Kier molecular flexibility index (Phi) is 5.43. The first-order valence-corrected chi connectivity index (χ1v) is 6.45. The van der Waals surface area contributed by atoms with E-state index >= 15 is 0 Å². The van der Waals surface area contributed by atoms with Crippen molar-refractivity contribution < 1.29 is 0 Å². The standard InChI is InChI=1S/C15H23N5/c1-15(2,3)11-19-9-14-6-12(10-20(14)18-5)13(7-16)8-17-4/h6-10H,5,11,16H2,1-4H3. The molecule has 0 aliphatic rings. The van der Waals surface area contributed by atoms with Crippen molar-refractivity contribution >= 4 is 24.7 Å². The Morgan fingerprint density at radius 3 is 2.65 bits per heavy atom. The van der Waals surface area contributed by atoms with E-state index < -0.39 is 0 Å². The molecule has 0 aliphatic carbocycles. The molecule has 1 aromatic rings. The fourth-order valence-corrected chi connectivity index (χ4v) is 1.61. The van der Waals surface area contributed by atoms with Gasteiger partial charge in [-0.2, -0.15) is 5.10 Å². The van der Waals surface area contributed by atoms with Crippen LogP contribution in [0.1, 0.15) is 32.0 Å².